The molecule has 0 saturated heterocycles. The van der Waals surface area contributed by atoms with Crippen LogP contribution in [0, 0.1) is 0 Å². The molecule has 0 fully saturated rings. The quantitative estimate of drug-likeness (QED) is 0.415. The molecule has 8 heteroatoms. The van der Waals surface area contributed by atoms with Crippen molar-refractivity contribution in [2.24, 2.45) is 0 Å². The largest absolute Gasteiger partial charge is 2.00 e. The summed E-state index contributed by atoms with van der Waals surface area (Å²) in [7, 11) is 0. The van der Waals surface area contributed by atoms with Gasteiger partial charge in [-0.3, -0.25) is 0 Å². The first kappa shape index (κ1) is 24.6. The van der Waals surface area contributed by atoms with Crippen LogP contribution in [0.15, 0.2) is 78.9 Å². The summed E-state index contributed by atoms with van der Waals surface area (Å²) < 4.78 is 0. The summed E-state index contributed by atoms with van der Waals surface area (Å²) in [6.07, 6.45) is 0. The van der Waals surface area contributed by atoms with Crippen molar-refractivity contribution in [3.63, 3.8) is 0 Å². The van der Waals surface area contributed by atoms with E-state index in [1.54, 1.807) is 0 Å². The van der Waals surface area contributed by atoms with E-state index in [9.17, 15) is 19.8 Å². The van der Waals surface area contributed by atoms with Crippen LogP contribution in [0.25, 0.3) is 0 Å². The van der Waals surface area contributed by atoms with Gasteiger partial charge in [-0.05, 0) is 24.3 Å². The molecule has 0 aliphatic heterocycles. The Hall–Kier alpha value is -3.38. The third-order valence-corrected chi connectivity index (χ3v) is 3.03. The summed E-state index contributed by atoms with van der Waals surface area (Å²) in [4.78, 5) is 20.4. The number of benzene rings is 3. The molecular weight excluding hydrogens is 416 g/mol. The second-order valence-electron chi connectivity index (χ2n) is 5.01. The van der Waals surface area contributed by atoms with E-state index in [1.165, 1.54) is 48.5 Å². The second-order valence-corrected chi connectivity index (χ2v) is 5.01. The van der Waals surface area contributed by atoms with Gasteiger partial charge in [-0.1, -0.05) is 66.1 Å². The third-order valence-electron chi connectivity index (χ3n) is 3.03. The molecule has 0 aliphatic rings. The van der Waals surface area contributed by atoms with Crippen molar-refractivity contribution in [2.45, 2.75) is 0 Å². The van der Waals surface area contributed by atoms with E-state index >= 15 is 0 Å². The summed E-state index contributed by atoms with van der Waals surface area (Å²) in [5, 5.41) is 38.1. The summed E-state index contributed by atoms with van der Waals surface area (Å²) in [5.41, 5.74) is 5.82. The van der Waals surface area contributed by atoms with E-state index in [0.29, 0.717) is 0 Å². The van der Waals surface area contributed by atoms with Gasteiger partial charge in [0.15, 0.2) is 0 Å². The molecule has 3 aromatic carbocycles. The fourth-order valence-electron chi connectivity index (χ4n) is 1.74. The molecule has 4 N–H and O–H groups in total. The first-order valence-corrected chi connectivity index (χ1v) is 7.62. The summed E-state index contributed by atoms with van der Waals surface area (Å²) in [5.74, 6) is -3.25. The number of carboxylic acid groups (broad SMARTS) is 2. The first-order valence-electron chi connectivity index (χ1n) is 7.62. The van der Waals surface area contributed by atoms with Crippen molar-refractivity contribution in [2.75, 3.05) is 5.73 Å². The average Bonchev–Trinajstić information content (AvgIpc) is 2.64. The van der Waals surface area contributed by atoms with Crippen LogP contribution in [0.3, 0.4) is 0 Å². The minimum Gasteiger partial charge on any atom is -0.872 e. The fraction of sp³-hybridized carbons (Fsp3) is 0. The predicted octanol–water partition coefficient (Wildman–Crippen LogP) is 2.18. The molecule has 0 bridgehead atoms. The predicted molar refractivity (Wildman–Crippen MR) is 96.5 cm³/mol. The number of nitrogen functional groups attached to an aromatic ring is 1. The number of hydrogen-bond donors (Lipinski definition) is 3. The average molecular weight is 433 g/mol. The Morgan fingerprint density at radius 1 is 0.643 bits per heavy atom. The van der Waals surface area contributed by atoms with Crippen molar-refractivity contribution in [1.29, 1.82) is 0 Å². The number of carbonyl (C=O) groups is 2. The summed E-state index contributed by atoms with van der Waals surface area (Å²) in [6, 6.07) is 20.6. The van der Waals surface area contributed by atoms with Gasteiger partial charge < -0.3 is 26.2 Å². The maximum Gasteiger partial charge on any atom is 2.00 e. The number of para-hydroxylation sites is 3. The molecule has 140 valence electrons. The van der Waals surface area contributed by atoms with Gasteiger partial charge in [0.2, 0.25) is 0 Å². The van der Waals surface area contributed by atoms with Crippen molar-refractivity contribution in [3.05, 3.63) is 90.0 Å². The molecule has 0 atom stereocenters. The molecule has 0 unspecified atom stereocenters. The van der Waals surface area contributed by atoms with Crippen LogP contribution in [0.1, 0.15) is 20.7 Å². The van der Waals surface area contributed by atoms with Crippen LogP contribution in [-0.4, -0.2) is 22.2 Å². The molecular formula is C20H17NO6Zn. The van der Waals surface area contributed by atoms with Gasteiger partial charge in [0.1, 0.15) is 0 Å². The molecule has 3 rings (SSSR count). The zero-order chi connectivity index (χ0) is 20.2. The minimum absolute atomic E-state index is 0. The van der Waals surface area contributed by atoms with Crippen molar-refractivity contribution in [1.82, 2.24) is 0 Å². The van der Waals surface area contributed by atoms with Crippen LogP contribution < -0.4 is 15.9 Å². The molecule has 0 radical (unpaired) electrons. The van der Waals surface area contributed by atoms with E-state index in [-0.39, 0.29) is 30.6 Å². The van der Waals surface area contributed by atoms with Crippen molar-refractivity contribution >= 4 is 17.6 Å². The molecule has 0 aromatic heterocycles. The van der Waals surface area contributed by atoms with Gasteiger partial charge in [-0.2, -0.15) is 0 Å². The SMILES string of the molecule is Nc1ccccc1.O=C(O)c1ccccc1[O-].O=C(O)c1ccccc1[O-].[Zn+2]. The molecule has 7 nitrogen and oxygen atoms in total. The Labute approximate surface area is 174 Å². The Kier molecular flexibility index (Phi) is 11.3. The van der Waals surface area contributed by atoms with E-state index < -0.39 is 23.4 Å². The molecule has 28 heavy (non-hydrogen) atoms. The third kappa shape index (κ3) is 8.82. The topological polar surface area (TPSA) is 147 Å². The van der Waals surface area contributed by atoms with Gasteiger partial charge >= 0.3 is 31.4 Å². The maximum atomic E-state index is 10.7. The van der Waals surface area contributed by atoms with Crippen molar-refractivity contribution < 1.29 is 49.5 Å². The molecule has 0 saturated carbocycles. The summed E-state index contributed by atoms with van der Waals surface area (Å²) >= 11 is 0. The van der Waals surface area contributed by atoms with E-state index in [2.05, 4.69) is 0 Å². The van der Waals surface area contributed by atoms with Crippen LogP contribution in [-0.2, 0) is 19.5 Å². The zero-order valence-corrected chi connectivity index (χ0v) is 17.8. The number of nitrogens with two attached hydrogens (primary N) is 1. The smallest absolute Gasteiger partial charge is 0.872 e. The van der Waals surface area contributed by atoms with E-state index in [0.717, 1.165) is 5.69 Å². The van der Waals surface area contributed by atoms with Gasteiger partial charge in [-0.15, -0.1) is 0 Å². The Morgan fingerprint density at radius 2 is 0.964 bits per heavy atom. The number of carboxylic acids is 2. The Balaban J connectivity index is 0.000000390. The van der Waals surface area contributed by atoms with E-state index in [1.807, 2.05) is 30.3 Å². The van der Waals surface area contributed by atoms with Crippen molar-refractivity contribution in [3.8, 4) is 11.5 Å². The van der Waals surface area contributed by atoms with Crippen LogP contribution in [0.2, 0.25) is 0 Å². The van der Waals surface area contributed by atoms with Gasteiger partial charge in [0, 0.05) is 5.69 Å². The minimum atomic E-state index is -1.18. The summed E-state index contributed by atoms with van der Waals surface area (Å²) in [6.45, 7) is 0. The number of anilines is 1. The second kappa shape index (κ2) is 12.9. The fourth-order valence-corrected chi connectivity index (χ4v) is 1.74. The zero-order valence-electron chi connectivity index (χ0n) is 14.8. The number of rotatable bonds is 2. The molecule has 0 amide bonds. The number of aromatic carboxylic acids is 2. The Bertz CT molecular complexity index is 831. The molecule has 3 aromatic rings. The van der Waals surface area contributed by atoms with E-state index in [4.69, 9.17) is 15.9 Å². The van der Waals surface area contributed by atoms with Gasteiger partial charge in [0.25, 0.3) is 0 Å². The van der Waals surface area contributed by atoms with Crippen LogP contribution >= 0.6 is 0 Å². The standard InChI is InChI=1S/2C7H6O3.C6H7N.Zn/c2*8-6-4-2-1-3-5(6)7(9)10;7-6-4-2-1-3-5-6;/h2*1-4,8H,(H,9,10);1-5H,7H2;/q;;;+2/p-2. The molecule has 0 heterocycles. The number of hydrogen-bond acceptors (Lipinski definition) is 5. The van der Waals surface area contributed by atoms with Crippen LogP contribution in [0.4, 0.5) is 5.69 Å². The van der Waals surface area contributed by atoms with Gasteiger partial charge in [0.05, 0.1) is 11.1 Å². The Morgan fingerprint density at radius 3 is 1.18 bits per heavy atom. The first-order chi connectivity index (χ1) is 12.8. The molecule has 0 spiro atoms. The monoisotopic (exact) mass is 431 g/mol. The molecule has 0 aliphatic carbocycles. The van der Waals surface area contributed by atoms with Gasteiger partial charge in [-0.25, -0.2) is 9.59 Å². The van der Waals surface area contributed by atoms with Crippen LogP contribution in [0.5, 0.6) is 11.5 Å². The normalized spacial score (nSPS) is 8.71. The maximum absolute atomic E-state index is 10.7.